The van der Waals surface area contributed by atoms with Crippen LogP contribution in [0.3, 0.4) is 0 Å². The van der Waals surface area contributed by atoms with Crippen molar-refractivity contribution in [3.05, 3.63) is 47.2 Å². The number of aliphatic hydroxyl groups excluding tert-OH is 1. The number of aromatic hydroxyl groups is 1. The van der Waals surface area contributed by atoms with Gasteiger partial charge >= 0.3 is 6.01 Å². The van der Waals surface area contributed by atoms with Gasteiger partial charge in [-0.25, -0.2) is 18.2 Å². The van der Waals surface area contributed by atoms with Gasteiger partial charge in [-0.1, -0.05) is 13.0 Å². The molecule has 0 saturated carbocycles. The molecule has 2 saturated heterocycles. The first-order chi connectivity index (χ1) is 21.1. The van der Waals surface area contributed by atoms with Gasteiger partial charge in [-0.05, 0) is 80.1 Å². The first-order valence-electron chi connectivity index (χ1n) is 15.3. The number of aromatic nitrogens is 3. The smallest absolute Gasteiger partial charge is 0.319 e. The van der Waals surface area contributed by atoms with Crippen molar-refractivity contribution in [2.24, 2.45) is 0 Å². The maximum atomic E-state index is 16.9. The Balaban J connectivity index is 1.44. The second-order valence-electron chi connectivity index (χ2n) is 12.8. The lowest BCUT2D eigenvalue weighted by Crippen LogP contribution is -2.47. The summed E-state index contributed by atoms with van der Waals surface area (Å²) in [5, 5.41) is 22.5. The number of fused-ring (bicyclic) bond motifs is 2. The van der Waals surface area contributed by atoms with E-state index in [0.717, 1.165) is 19.4 Å². The van der Waals surface area contributed by atoms with Crippen LogP contribution in [0.25, 0.3) is 32.9 Å². The highest BCUT2D eigenvalue weighted by atomic mass is 19.1. The van der Waals surface area contributed by atoms with Crippen LogP contribution in [-0.2, 0) is 12.8 Å². The molecule has 0 bridgehead atoms. The predicted octanol–water partition coefficient (Wildman–Crippen LogP) is 5.48. The number of phenolic OH excluding ortho intramolecular Hbond substituents is 1. The van der Waals surface area contributed by atoms with Crippen LogP contribution in [0.4, 0.5) is 19.0 Å². The maximum absolute atomic E-state index is 16.9. The van der Waals surface area contributed by atoms with Gasteiger partial charge in [0, 0.05) is 25.6 Å². The van der Waals surface area contributed by atoms with E-state index in [0.29, 0.717) is 65.5 Å². The minimum absolute atomic E-state index is 0.0134. The highest BCUT2D eigenvalue weighted by molar-refractivity contribution is 6.02. The topological polar surface area (TPSA) is 94.8 Å². The van der Waals surface area contributed by atoms with Crippen LogP contribution in [0, 0.1) is 11.6 Å². The fraction of sp³-hybridized carbons (Fsp3) is 0.485. The van der Waals surface area contributed by atoms with Crippen LogP contribution >= 0.6 is 0 Å². The van der Waals surface area contributed by atoms with E-state index in [9.17, 15) is 14.6 Å². The van der Waals surface area contributed by atoms with Gasteiger partial charge in [0.1, 0.15) is 41.4 Å². The van der Waals surface area contributed by atoms with Crippen LogP contribution < -0.4 is 9.64 Å². The number of alkyl halides is 1. The Morgan fingerprint density at radius 1 is 1.11 bits per heavy atom. The molecule has 4 aromatic rings. The predicted molar refractivity (Wildman–Crippen MR) is 162 cm³/mol. The van der Waals surface area contributed by atoms with E-state index in [4.69, 9.17) is 14.7 Å². The lowest BCUT2D eigenvalue weighted by molar-refractivity contribution is 0.107. The summed E-state index contributed by atoms with van der Waals surface area (Å²) < 4.78 is 52.5. The van der Waals surface area contributed by atoms with Gasteiger partial charge in [0.25, 0.3) is 0 Å². The van der Waals surface area contributed by atoms with Crippen LogP contribution in [0.5, 0.6) is 11.8 Å². The standard InChI is InChI=1S/C33H36F3N5O3/c1-4-21-23(35)7-6-18-12-20(43)13-22(25(18)21)28-27(36)29-26-24(37-28)8-10-32(2,16-42)40(3)30(26)39-31(38-29)44-17-33-9-5-11-41(33)15-19(34)14-33/h6-7,12-13,19,42-43H,4-5,8-11,14-17H2,1-3H3/t19-,32-,33+/m1/s1. The third-order valence-corrected chi connectivity index (χ3v) is 10.2. The van der Waals surface area contributed by atoms with E-state index in [2.05, 4.69) is 9.88 Å². The number of aryl methyl sites for hydroxylation is 2. The van der Waals surface area contributed by atoms with Crippen molar-refractivity contribution >= 4 is 27.5 Å². The quantitative estimate of drug-likeness (QED) is 0.298. The first kappa shape index (κ1) is 29.0. The van der Waals surface area contributed by atoms with E-state index in [1.807, 2.05) is 18.7 Å². The Hall–Kier alpha value is -3.70. The molecule has 7 rings (SSSR count). The zero-order chi connectivity index (χ0) is 31.0. The number of pyridine rings is 1. The SMILES string of the molecule is CCc1c(F)ccc2cc(O)cc(-c3nc4c5c(nc(OC[C@@]67CCCN6C[C@H](F)C7)nc5c3F)N(C)[C@@](C)(CO)CC4)c12. The molecule has 0 aliphatic carbocycles. The van der Waals surface area contributed by atoms with Gasteiger partial charge in [-0.3, -0.25) is 4.90 Å². The molecule has 232 valence electrons. The van der Waals surface area contributed by atoms with Gasteiger partial charge < -0.3 is 19.8 Å². The van der Waals surface area contributed by atoms with Crippen molar-refractivity contribution in [2.75, 3.05) is 38.3 Å². The van der Waals surface area contributed by atoms with Crippen molar-refractivity contribution in [1.29, 1.82) is 0 Å². The molecule has 5 heterocycles. The number of rotatable bonds is 6. The largest absolute Gasteiger partial charge is 0.508 e. The van der Waals surface area contributed by atoms with Gasteiger partial charge in [0.05, 0.1) is 28.8 Å². The molecular weight excluding hydrogens is 571 g/mol. The van der Waals surface area contributed by atoms with E-state index in [1.54, 1.807) is 13.1 Å². The Morgan fingerprint density at radius 3 is 2.70 bits per heavy atom. The average Bonchev–Trinajstić information content (AvgIpc) is 3.51. The molecule has 0 spiro atoms. The van der Waals surface area contributed by atoms with Gasteiger partial charge in [-0.2, -0.15) is 9.97 Å². The number of aliphatic hydroxyl groups is 1. The number of ether oxygens (including phenoxy) is 1. The number of nitrogens with zero attached hydrogens (tertiary/aromatic N) is 5. The summed E-state index contributed by atoms with van der Waals surface area (Å²) in [6.07, 6.45) is 2.41. The Labute approximate surface area is 253 Å². The van der Waals surface area contributed by atoms with Crippen LogP contribution in [0.15, 0.2) is 24.3 Å². The Bertz CT molecular complexity index is 1800. The van der Waals surface area contributed by atoms with Crippen LogP contribution in [0.1, 0.15) is 50.8 Å². The summed E-state index contributed by atoms with van der Waals surface area (Å²) in [7, 11) is 1.80. The number of likely N-dealkylation sites (N-methyl/N-ethyl adjacent to an activating group) is 1. The molecular formula is C33H36F3N5O3. The lowest BCUT2D eigenvalue weighted by atomic mass is 9.93. The van der Waals surface area contributed by atoms with Crippen molar-refractivity contribution < 1.29 is 28.1 Å². The highest BCUT2D eigenvalue weighted by Gasteiger charge is 2.49. The molecule has 2 aromatic heterocycles. The van der Waals surface area contributed by atoms with E-state index < -0.39 is 28.9 Å². The third kappa shape index (κ3) is 4.38. The number of hydrogen-bond acceptors (Lipinski definition) is 8. The summed E-state index contributed by atoms with van der Waals surface area (Å²) in [5.41, 5.74) is -0.0717. The Kier molecular flexibility index (Phi) is 6.89. The molecule has 11 heteroatoms. The summed E-state index contributed by atoms with van der Waals surface area (Å²) in [5.74, 6) is -0.892. The molecule has 3 aliphatic heterocycles. The summed E-state index contributed by atoms with van der Waals surface area (Å²) >= 11 is 0. The molecule has 0 radical (unpaired) electrons. The molecule has 0 amide bonds. The molecule has 2 aromatic carbocycles. The summed E-state index contributed by atoms with van der Waals surface area (Å²) in [4.78, 5) is 18.1. The molecule has 3 atom stereocenters. The van der Waals surface area contributed by atoms with Gasteiger partial charge in [0.2, 0.25) is 0 Å². The second-order valence-corrected chi connectivity index (χ2v) is 12.8. The van der Waals surface area contributed by atoms with Crippen molar-refractivity contribution in [3.8, 4) is 23.0 Å². The van der Waals surface area contributed by atoms with E-state index in [-0.39, 0.29) is 41.7 Å². The number of phenols is 1. The lowest BCUT2D eigenvalue weighted by Gasteiger charge is -2.37. The maximum Gasteiger partial charge on any atom is 0.319 e. The third-order valence-electron chi connectivity index (χ3n) is 10.2. The molecule has 3 aliphatic rings. The average molecular weight is 608 g/mol. The number of benzene rings is 2. The van der Waals surface area contributed by atoms with Gasteiger partial charge in [0.15, 0.2) is 5.82 Å². The minimum atomic E-state index is -0.930. The molecule has 2 N–H and O–H groups in total. The van der Waals surface area contributed by atoms with E-state index in [1.165, 1.54) is 18.2 Å². The molecule has 8 nitrogen and oxygen atoms in total. The van der Waals surface area contributed by atoms with Crippen LogP contribution in [-0.4, -0.2) is 80.7 Å². The van der Waals surface area contributed by atoms with Crippen LogP contribution in [0.2, 0.25) is 0 Å². The zero-order valence-electron chi connectivity index (χ0n) is 25.1. The van der Waals surface area contributed by atoms with E-state index >= 15 is 8.78 Å². The monoisotopic (exact) mass is 607 g/mol. The second kappa shape index (κ2) is 10.4. The summed E-state index contributed by atoms with van der Waals surface area (Å²) in [6.45, 7) is 4.88. The van der Waals surface area contributed by atoms with Crippen molar-refractivity contribution in [3.63, 3.8) is 0 Å². The number of hydrogen-bond donors (Lipinski definition) is 2. The fourth-order valence-electron chi connectivity index (χ4n) is 7.55. The highest BCUT2D eigenvalue weighted by Crippen LogP contribution is 2.44. The Morgan fingerprint density at radius 2 is 1.93 bits per heavy atom. The molecule has 2 fully saturated rings. The molecule has 0 unspecified atom stereocenters. The minimum Gasteiger partial charge on any atom is -0.508 e. The van der Waals surface area contributed by atoms with Crippen molar-refractivity contribution in [2.45, 2.75) is 69.6 Å². The summed E-state index contributed by atoms with van der Waals surface area (Å²) in [6, 6.07) is 5.79. The van der Waals surface area contributed by atoms with Gasteiger partial charge in [-0.15, -0.1) is 0 Å². The number of anilines is 1. The number of halogens is 3. The van der Waals surface area contributed by atoms with Crippen molar-refractivity contribution in [1.82, 2.24) is 19.9 Å². The molecule has 44 heavy (non-hydrogen) atoms. The zero-order valence-corrected chi connectivity index (χ0v) is 25.1. The normalized spacial score (nSPS) is 25.2. The first-order valence-corrected chi connectivity index (χ1v) is 15.3. The fourth-order valence-corrected chi connectivity index (χ4v) is 7.55.